The highest BCUT2D eigenvalue weighted by atomic mass is 32.2. The summed E-state index contributed by atoms with van der Waals surface area (Å²) >= 11 is 1.73. The summed E-state index contributed by atoms with van der Waals surface area (Å²) in [5, 5.41) is 10.3. The summed E-state index contributed by atoms with van der Waals surface area (Å²) in [7, 11) is 0. The Morgan fingerprint density at radius 3 is 2.63 bits per heavy atom. The molecule has 0 unspecified atom stereocenters. The lowest BCUT2D eigenvalue weighted by atomic mass is 9.89. The third-order valence-electron chi connectivity index (χ3n) is 3.75. The molecular weight excluding hydrogens is 256 g/mol. The van der Waals surface area contributed by atoms with Gasteiger partial charge in [0.1, 0.15) is 5.44 Å². The van der Waals surface area contributed by atoms with Crippen LogP contribution in [0, 0.1) is 5.92 Å². The van der Waals surface area contributed by atoms with Gasteiger partial charge in [0, 0.05) is 10.8 Å². The monoisotopic (exact) mass is 280 g/mol. The van der Waals surface area contributed by atoms with E-state index in [9.17, 15) is 5.11 Å². The van der Waals surface area contributed by atoms with Crippen molar-refractivity contribution in [3.05, 3.63) is 30.3 Å². The summed E-state index contributed by atoms with van der Waals surface area (Å²) < 4.78 is 5.79. The van der Waals surface area contributed by atoms with Gasteiger partial charge in [0.25, 0.3) is 0 Å². The number of hydrogen-bond acceptors (Lipinski definition) is 3. The summed E-state index contributed by atoms with van der Waals surface area (Å²) in [5.41, 5.74) is 0.106. The average molecular weight is 280 g/mol. The number of hydrogen-bond donors (Lipinski definition) is 1. The van der Waals surface area contributed by atoms with Crippen LogP contribution in [0.2, 0.25) is 0 Å². The lowest BCUT2D eigenvalue weighted by Gasteiger charge is -2.45. The SMILES string of the molecule is CCCCC[C@H](O)[C@H]1[C@H](C)O[C@H]1Sc1ccccc1. The van der Waals surface area contributed by atoms with Gasteiger partial charge in [-0.25, -0.2) is 0 Å². The van der Waals surface area contributed by atoms with Crippen LogP contribution in [-0.2, 0) is 4.74 Å². The number of thioether (sulfide) groups is 1. The van der Waals surface area contributed by atoms with Crippen molar-refractivity contribution < 1.29 is 9.84 Å². The molecule has 1 aliphatic heterocycles. The molecule has 1 saturated heterocycles. The van der Waals surface area contributed by atoms with E-state index in [1.165, 1.54) is 17.7 Å². The molecule has 1 aromatic rings. The molecule has 0 spiro atoms. The zero-order valence-corrected chi connectivity index (χ0v) is 12.6. The first kappa shape index (κ1) is 14.9. The molecule has 106 valence electrons. The van der Waals surface area contributed by atoms with Crippen molar-refractivity contribution in [2.45, 2.75) is 62.1 Å². The Morgan fingerprint density at radius 2 is 2.00 bits per heavy atom. The second-order valence-corrected chi connectivity index (χ2v) is 6.45. The topological polar surface area (TPSA) is 29.5 Å². The quantitative estimate of drug-likeness (QED) is 0.763. The van der Waals surface area contributed by atoms with Crippen LogP contribution in [0.4, 0.5) is 0 Å². The Labute approximate surface area is 120 Å². The van der Waals surface area contributed by atoms with E-state index in [1.54, 1.807) is 11.8 Å². The van der Waals surface area contributed by atoms with Gasteiger partial charge in [-0.1, -0.05) is 56.1 Å². The van der Waals surface area contributed by atoms with E-state index >= 15 is 0 Å². The van der Waals surface area contributed by atoms with Crippen molar-refractivity contribution in [1.29, 1.82) is 0 Å². The van der Waals surface area contributed by atoms with Crippen molar-refractivity contribution >= 4 is 11.8 Å². The Morgan fingerprint density at radius 1 is 1.26 bits per heavy atom. The average Bonchev–Trinajstić information content (AvgIpc) is 2.39. The van der Waals surface area contributed by atoms with Crippen LogP contribution < -0.4 is 0 Å². The van der Waals surface area contributed by atoms with Gasteiger partial charge in [0.15, 0.2) is 0 Å². The molecule has 0 aliphatic carbocycles. The van der Waals surface area contributed by atoms with E-state index in [4.69, 9.17) is 4.74 Å². The number of aliphatic hydroxyl groups excluding tert-OH is 1. The first-order valence-electron chi connectivity index (χ1n) is 7.27. The van der Waals surface area contributed by atoms with Crippen LogP contribution in [0.25, 0.3) is 0 Å². The van der Waals surface area contributed by atoms with Crippen LogP contribution in [0.1, 0.15) is 39.5 Å². The van der Waals surface area contributed by atoms with Gasteiger partial charge in [0.2, 0.25) is 0 Å². The fraction of sp³-hybridized carbons (Fsp3) is 0.625. The highest BCUT2D eigenvalue weighted by Crippen LogP contribution is 2.42. The van der Waals surface area contributed by atoms with Gasteiger partial charge in [-0.05, 0) is 25.5 Å². The molecule has 0 radical (unpaired) electrons. The second kappa shape index (κ2) is 7.32. The predicted molar refractivity (Wildman–Crippen MR) is 80.3 cm³/mol. The van der Waals surface area contributed by atoms with Crippen LogP contribution >= 0.6 is 11.8 Å². The minimum absolute atomic E-state index is 0.106. The molecule has 0 saturated carbocycles. The maximum absolute atomic E-state index is 10.3. The third-order valence-corrected chi connectivity index (χ3v) is 4.95. The normalized spacial score (nSPS) is 27.8. The van der Waals surface area contributed by atoms with E-state index < -0.39 is 0 Å². The number of aliphatic hydroxyl groups is 1. The third kappa shape index (κ3) is 3.98. The first-order chi connectivity index (χ1) is 9.22. The zero-order chi connectivity index (χ0) is 13.7. The van der Waals surface area contributed by atoms with Crippen molar-refractivity contribution in [2.75, 3.05) is 0 Å². The first-order valence-corrected chi connectivity index (χ1v) is 8.15. The molecule has 1 aromatic carbocycles. The molecule has 4 atom stereocenters. The molecule has 2 rings (SSSR count). The van der Waals surface area contributed by atoms with E-state index in [-0.39, 0.29) is 23.6 Å². The largest absolute Gasteiger partial charge is 0.393 e. The van der Waals surface area contributed by atoms with Crippen molar-refractivity contribution in [3.8, 4) is 0 Å². The molecule has 19 heavy (non-hydrogen) atoms. The van der Waals surface area contributed by atoms with Crippen LogP contribution in [-0.4, -0.2) is 22.8 Å². The van der Waals surface area contributed by atoms with E-state index in [1.807, 2.05) is 18.2 Å². The highest BCUT2D eigenvalue weighted by Gasteiger charge is 2.44. The zero-order valence-electron chi connectivity index (χ0n) is 11.8. The fourth-order valence-electron chi connectivity index (χ4n) is 2.55. The second-order valence-electron chi connectivity index (χ2n) is 5.28. The van der Waals surface area contributed by atoms with Crippen molar-refractivity contribution in [1.82, 2.24) is 0 Å². The van der Waals surface area contributed by atoms with E-state index in [0.717, 1.165) is 12.8 Å². The molecule has 2 nitrogen and oxygen atoms in total. The van der Waals surface area contributed by atoms with Gasteiger partial charge in [-0.3, -0.25) is 0 Å². The summed E-state index contributed by atoms with van der Waals surface area (Å²) in [6, 6.07) is 10.3. The summed E-state index contributed by atoms with van der Waals surface area (Å²) in [6.07, 6.45) is 4.37. The van der Waals surface area contributed by atoms with Crippen molar-refractivity contribution in [2.24, 2.45) is 5.92 Å². The van der Waals surface area contributed by atoms with Crippen LogP contribution in [0.15, 0.2) is 35.2 Å². The van der Waals surface area contributed by atoms with Gasteiger partial charge in [0.05, 0.1) is 12.2 Å². The summed E-state index contributed by atoms with van der Waals surface area (Å²) in [5.74, 6) is 0.266. The Balaban J connectivity index is 1.85. The number of ether oxygens (including phenoxy) is 1. The summed E-state index contributed by atoms with van der Waals surface area (Å²) in [6.45, 7) is 4.26. The molecular formula is C16H24O2S. The van der Waals surface area contributed by atoms with E-state index in [2.05, 4.69) is 26.0 Å². The number of unbranched alkanes of at least 4 members (excludes halogenated alkanes) is 2. The minimum Gasteiger partial charge on any atom is -0.393 e. The van der Waals surface area contributed by atoms with Crippen molar-refractivity contribution in [3.63, 3.8) is 0 Å². The van der Waals surface area contributed by atoms with Crippen LogP contribution in [0.3, 0.4) is 0 Å². The van der Waals surface area contributed by atoms with Gasteiger partial charge in [-0.2, -0.15) is 0 Å². The standard InChI is InChI=1S/C16H24O2S/c1-3-4-6-11-14(17)15-12(2)18-16(15)19-13-9-7-5-8-10-13/h5,7-10,12,14-17H,3-4,6,11H2,1-2H3/t12-,14-,15+,16-/m0/s1. The molecule has 0 aromatic heterocycles. The highest BCUT2D eigenvalue weighted by molar-refractivity contribution is 7.99. The Bertz CT molecular complexity index is 368. The van der Waals surface area contributed by atoms with Gasteiger partial charge < -0.3 is 9.84 Å². The fourth-order valence-corrected chi connectivity index (χ4v) is 3.93. The van der Waals surface area contributed by atoms with Crippen LogP contribution in [0.5, 0.6) is 0 Å². The maximum atomic E-state index is 10.3. The molecule has 0 amide bonds. The summed E-state index contributed by atoms with van der Waals surface area (Å²) in [4.78, 5) is 1.21. The molecule has 1 aliphatic rings. The number of benzene rings is 1. The molecule has 3 heteroatoms. The molecule has 1 N–H and O–H groups in total. The number of rotatable bonds is 7. The lowest BCUT2D eigenvalue weighted by molar-refractivity contribution is -0.169. The van der Waals surface area contributed by atoms with Gasteiger partial charge >= 0.3 is 0 Å². The Hall–Kier alpha value is -0.510. The van der Waals surface area contributed by atoms with E-state index in [0.29, 0.717) is 0 Å². The molecule has 1 fully saturated rings. The van der Waals surface area contributed by atoms with Gasteiger partial charge in [-0.15, -0.1) is 0 Å². The molecule has 1 heterocycles. The Kier molecular flexibility index (Phi) is 5.74. The molecule has 0 bridgehead atoms. The lowest BCUT2D eigenvalue weighted by Crippen LogP contribution is -2.51. The minimum atomic E-state index is -0.225. The smallest absolute Gasteiger partial charge is 0.115 e. The maximum Gasteiger partial charge on any atom is 0.115 e. The predicted octanol–water partition coefficient (Wildman–Crippen LogP) is 4.08.